The van der Waals surface area contributed by atoms with Gasteiger partial charge >= 0.3 is 0 Å². The van der Waals surface area contributed by atoms with E-state index >= 15 is 0 Å². The molecule has 0 saturated heterocycles. The predicted molar refractivity (Wildman–Crippen MR) is 79.3 cm³/mol. The number of nitrogens with zero attached hydrogens (tertiary/aromatic N) is 4. The molecule has 2 aromatic heterocycles. The fourth-order valence-corrected chi connectivity index (χ4v) is 2.80. The second-order valence-electron chi connectivity index (χ2n) is 4.73. The number of hydrogen-bond donors (Lipinski definition) is 1. The summed E-state index contributed by atoms with van der Waals surface area (Å²) in [5.41, 5.74) is 7.92. The van der Waals surface area contributed by atoms with Crippen LogP contribution in [0.1, 0.15) is 0 Å². The summed E-state index contributed by atoms with van der Waals surface area (Å²) in [5, 5.41) is 5.06. The van der Waals surface area contributed by atoms with Gasteiger partial charge in [0.1, 0.15) is 17.8 Å². The highest BCUT2D eigenvalue weighted by Gasteiger charge is 2.16. The Kier molecular flexibility index (Phi) is 2.91. The van der Waals surface area contributed by atoms with Gasteiger partial charge in [-0.1, -0.05) is 12.1 Å². The van der Waals surface area contributed by atoms with Crippen molar-refractivity contribution in [1.82, 2.24) is 19.7 Å². The topological polar surface area (TPSA) is 104 Å². The van der Waals surface area contributed by atoms with E-state index in [1.807, 2.05) is 0 Å². The number of aryl methyl sites for hydroxylation is 1. The molecule has 8 heteroatoms. The molecule has 0 aliphatic carbocycles. The van der Waals surface area contributed by atoms with E-state index in [1.54, 1.807) is 36.0 Å². The maximum absolute atomic E-state index is 11.5. The van der Waals surface area contributed by atoms with Crippen molar-refractivity contribution in [2.75, 3.05) is 12.0 Å². The van der Waals surface area contributed by atoms with E-state index < -0.39 is 9.84 Å². The molecule has 0 unspecified atom stereocenters. The van der Waals surface area contributed by atoms with E-state index in [1.165, 1.54) is 12.6 Å². The lowest BCUT2D eigenvalue weighted by Crippen LogP contribution is -1.96. The van der Waals surface area contributed by atoms with E-state index in [-0.39, 0.29) is 4.90 Å². The fourth-order valence-electron chi connectivity index (χ4n) is 2.17. The molecule has 1 aromatic carbocycles. The lowest BCUT2D eigenvalue weighted by Gasteiger charge is -2.01. The van der Waals surface area contributed by atoms with Gasteiger partial charge in [0.05, 0.1) is 10.3 Å². The second kappa shape index (κ2) is 4.52. The highest BCUT2D eigenvalue weighted by atomic mass is 32.2. The lowest BCUT2D eigenvalue weighted by atomic mass is 10.1. The van der Waals surface area contributed by atoms with Crippen LogP contribution in [-0.4, -0.2) is 34.4 Å². The number of sulfone groups is 1. The molecular formula is C13H13N5O2S. The van der Waals surface area contributed by atoms with Gasteiger partial charge in [-0.2, -0.15) is 5.10 Å². The van der Waals surface area contributed by atoms with E-state index in [9.17, 15) is 8.42 Å². The largest absolute Gasteiger partial charge is 0.383 e. The molecule has 0 fully saturated rings. The molecule has 0 saturated carbocycles. The maximum atomic E-state index is 11.5. The molecule has 7 nitrogen and oxygen atoms in total. The molecule has 3 aromatic rings. The van der Waals surface area contributed by atoms with Gasteiger partial charge in [-0.3, -0.25) is 0 Å². The van der Waals surface area contributed by atoms with E-state index in [0.29, 0.717) is 22.5 Å². The van der Waals surface area contributed by atoms with Gasteiger partial charge in [0.2, 0.25) is 0 Å². The standard InChI is InChI=1S/C13H13N5O2S/c1-18-13-10(12(14)15-7-16-13)11(17-18)8-3-5-9(6-4-8)21(2,19)20/h3-7H,1-2H3,(H2,14,15,16). The quantitative estimate of drug-likeness (QED) is 0.758. The Labute approximate surface area is 121 Å². The van der Waals surface area contributed by atoms with Crippen molar-refractivity contribution in [3.63, 3.8) is 0 Å². The molecule has 0 aliphatic rings. The first-order chi connectivity index (χ1) is 9.88. The van der Waals surface area contributed by atoms with Gasteiger partial charge in [0.25, 0.3) is 0 Å². The van der Waals surface area contributed by atoms with Crippen molar-refractivity contribution < 1.29 is 8.42 Å². The van der Waals surface area contributed by atoms with Crippen molar-refractivity contribution in [3.8, 4) is 11.3 Å². The Morgan fingerprint density at radius 2 is 1.81 bits per heavy atom. The van der Waals surface area contributed by atoms with Gasteiger partial charge in [0.15, 0.2) is 15.5 Å². The number of hydrogen-bond acceptors (Lipinski definition) is 6. The van der Waals surface area contributed by atoms with Crippen LogP contribution in [-0.2, 0) is 16.9 Å². The summed E-state index contributed by atoms with van der Waals surface area (Å²) in [7, 11) is -1.46. The number of anilines is 1. The number of rotatable bonds is 2. The average molecular weight is 303 g/mol. The van der Waals surface area contributed by atoms with Crippen LogP contribution in [0.15, 0.2) is 35.5 Å². The van der Waals surface area contributed by atoms with Crippen molar-refractivity contribution in [2.45, 2.75) is 4.90 Å². The van der Waals surface area contributed by atoms with Crippen LogP contribution in [0.3, 0.4) is 0 Å². The summed E-state index contributed by atoms with van der Waals surface area (Å²) in [4.78, 5) is 8.40. The second-order valence-corrected chi connectivity index (χ2v) is 6.74. The zero-order valence-corrected chi connectivity index (χ0v) is 12.3. The van der Waals surface area contributed by atoms with Crippen molar-refractivity contribution in [1.29, 1.82) is 0 Å². The minimum atomic E-state index is -3.22. The molecule has 0 aliphatic heterocycles. The lowest BCUT2D eigenvalue weighted by molar-refractivity contribution is 0.602. The third kappa shape index (κ3) is 2.23. The Morgan fingerprint density at radius 1 is 1.14 bits per heavy atom. The molecule has 2 N–H and O–H groups in total. The minimum Gasteiger partial charge on any atom is -0.383 e. The highest BCUT2D eigenvalue weighted by molar-refractivity contribution is 7.90. The first-order valence-corrected chi connectivity index (χ1v) is 8.01. The first-order valence-electron chi connectivity index (χ1n) is 6.11. The first kappa shape index (κ1) is 13.5. The van der Waals surface area contributed by atoms with Crippen LogP contribution in [0, 0.1) is 0 Å². The zero-order chi connectivity index (χ0) is 15.2. The molecule has 2 heterocycles. The number of aromatic nitrogens is 4. The minimum absolute atomic E-state index is 0.260. The number of fused-ring (bicyclic) bond motifs is 1. The normalized spacial score (nSPS) is 11.9. The maximum Gasteiger partial charge on any atom is 0.175 e. The number of nitrogen functional groups attached to an aromatic ring is 1. The van der Waals surface area contributed by atoms with E-state index in [2.05, 4.69) is 15.1 Å². The van der Waals surface area contributed by atoms with E-state index in [0.717, 1.165) is 5.56 Å². The Morgan fingerprint density at radius 3 is 2.43 bits per heavy atom. The monoisotopic (exact) mass is 303 g/mol. The van der Waals surface area contributed by atoms with Gasteiger partial charge in [-0.25, -0.2) is 23.1 Å². The van der Waals surface area contributed by atoms with Gasteiger partial charge in [-0.15, -0.1) is 0 Å². The third-order valence-electron chi connectivity index (χ3n) is 3.21. The number of benzene rings is 1. The summed E-state index contributed by atoms with van der Waals surface area (Å²) in [6.07, 6.45) is 2.56. The van der Waals surface area contributed by atoms with Crippen LogP contribution in [0.4, 0.5) is 5.82 Å². The highest BCUT2D eigenvalue weighted by Crippen LogP contribution is 2.29. The molecule has 21 heavy (non-hydrogen) atoms. The van der Waals surface area contributed by atoms with Crippen molar-refractivity contribution >= 4 is 26.7 Å². The SMILES string of the molecule is Cn1nc(-c2ccc(S(C)(=O)=O)cc2)c2c(N)ncnc21. The summed E-state index contributed by atoms with van der Waals surface area (Å²) in [6, 6.07) is 6.49. The fraction of sp³-hybridized carbons (Fsp3) is 0.154. The summed E-state index contributed by atoms with van der Waals surface area (Å²) in [5.74, 6) is 0.343. The molecule has 0 spiro atoms. The Hall–Kier alpha value is -2.48. The molecule has 0 bridgehead atoms. The van der Waals surface area contributed by atoms with Crippen LogP contribution in [0.5, 0.6) is 0 Å². The van der Waals surface area contributed by atoms with Crippen molar-refractivity contribution in [2.24, 2.45) is 7.05 Å². The van der Waals surface area contributed by atoms with Gasteiger partial charge < -0.3 is 5.73 Å². The van der Waals surface area contributed by atoms with Crippen LogP contribution in [0.25, 0.3) is 22.3 Å². The predicted octanol–water partition coefficient (Wildman–Crippen LogP) is 1.02. The molecular weight excluding hydrogens is 290 g/mol. The molecule has 0 atom stereocenters. The van der Waals surface area contributed by atoms with Gasteiger partial charge in [-0.05, 0) is 12.1 Å². The van der Waals surface area contributed by atoms with Crippen molar-refractivity contribution in [3.05, 3.63) is 30.6 Å². The smallest absolute Gasteiger partial charge is 0.175 e. The Balaban J connectivity index is 2.22. The van der Waals surface area contributed by atoms with E-state index in [4.69, 9.17) is 5.73 Å². The number of nitrogens with two attached hydrogens (primary N) is 1. The molecule has 0 amide bonds. The molecule has 0 radical (unpaired) electrons. The van der Waals surface area contributed by atoms with Gasteiger partial charge in [0, 0.05) is 18.9 Å². The summed E-state index contributed by atoms with van der Waals surface area (Å²) < 4.78 is 24.6. The van der Waals surface area contributed by atoms with Crippen LogP contribution < -0.4 is 5.73 Å². The molecule has 108 valence electrons. The summed E-state index contributed by atoms with van der Waals surface area (Å²) in [6.45, 7) is 0. The Bertz CT molecular complexity index is 929. The zero-order valence-electron chi connectivity index (χ0n) is 11.5. The molecule has 3 rings (SSSR count). The van der Waals surface area contributed by atoms with Crippen LogP contribution >= 0.6 is 0 Å². The van der Waals surface area contributed by atoms with Crippen LogP contribution in [0.2, 0.25) is 0 Å². The average Bonchev–Trinajstić information content (AvgIpc) is 2.77. The third-order valence-corrected chi connectivity index (χ3v) is 4.33. The summed E-state index contributed by atoms with van der Waals surface area (Å²) >= 11 is 0.